The third-order valence-corrected chi connectivity index (χ3v) is 7.41. The fraction of sp³-hybridized carbons (Fsp3) is 0.611. The molecular formula is C18H26IN2OPS. The zero-order chi connectivity index (χ0) is 17.2. The lowest BCUT2D eigenvalue weighted by Crippen LogP contribution is -2.60. The third-order valence-electron chi connectivity index (χ3n) is 5.75. The average molecular weight is 476 g/mol. The number of rotatable bonds is 3. The van der Waals surface area contributed by atoms with Gasteiger partial charge >= 0.3 is 0 Å². The van der Waals surface area contributed by atoms with Gasteiger partial charge in [0.05, 0.1) is 11.2 Å². The average Bonchev–Trinajstić information content (AvgIpc) is 2.59. The molecule has 1 amide bonds. The summed E-state index contributed by atoms with van der Waals surface area (Å²) in [5.74, 6) is 0.581. The number of thiol groups is 1. The SMILES string of the molecule is O=C(S)N(c1ccccc1P)C1(C2CCCCC2)CCN(I)CC1. The highest BCUT2D eigenvalue weighted by Crippen LogP contribution is 2.45. The second-order valence-corrected chi connectivity index (χ2v) is 9.39. The van der Waals surface area contributed by atoms with Gasteiger partial charge in [-0.1, -0.05) is 50.1 Å². The van der Waals surface area contributed by atoms with Crippen LogP contribution in [0, 0.1) is 5.92 Å². The van der Waals surface area contributed by atoms with E-state index < -0.39 is 0 Å². The van der Waals surface area contributed by atoms with Crippen molar-refractivity contribution in [3.8, 4) is 0 Å². The third kappa shape index (κ3) is 3.79. The molecule has 1 heterocycles. The second kappa shape index (κ2) is 8.24. The summed E-state index contributed by atoms with van der Waals surface area (Å²) in [6.07, 6.45) is 8.45. The Bertz CT molecular complexity index is 586. The van der Waals surface area contributed by atoms with Crippen molar-refractivity contribution in [2.24, 2.45) is 5.92 Å². The highest BCUT2D eigenvalue weighted by atomic mass is 127. The number of hydrogen-bond acceptors (Lipinski definition) is 2. The van der Waals surface area contributed by atoms with Crippen LogP contribution in [0.25, 0.3) is 0 Å². The van der Waals surface area contributed by atoms with E-state index in [1.807, 2.05) is 17.0 Å². The van der Waals surface area contributed by atoms with E-state index in [2.05, 4.69) is 60.0 Å². The molecule has 1 aromatic rings. The van der Waals surface area contributed by atoms with Gasteiger partial charge in [-0.15, -0.1) is 9.24 Å². The lowest BCUT2D eigenvalue weighted by molar-refractivity contribution is 0.138. The first-order valence-corrected chi connectivity index (χ1v) is 10.8. The first kappa shape index (κ1) is 18.9. The number of para-hydroxylation sites is 1. The number of halogens is 1. The maximum absolute atomic E-state index is 12.7. The topological polar surface area (TPSA) is 23.6 Å². The zero-order valence-corrected chi connectivity index (χ0v) is 18.2. The minimum Gasteiger partial charge on any atom is -0.296 e. The predicted octanol–water partition coefficient (Wildman–Crippen LogP) is 4.81. The van der Waals surface area contributed by atoms with Gasteiger partial charge in [0, 0.05) is 36.0 Å². The highest BCUT2D eigenvalue weighted by molar-refractivity contribution is 14.1. The van der Waals surface area contributed by atoms with Gasteiger partial charge in [-0.05, 0) is 43.0 Å². The van der Waals surface area contributed by atoms with Gasteiger partial charge in [-0.2, -0.15) is 0 Å². The summed E-state index contributed by atoms with van der Waals surface area (Å²) in [5, 5.41) is 0.962. The number of amides is 1. The lowest BCUT2D eigenvalue weighted by Gasteiger charge is -2.53. The van der Waals surface area contributed by atoms with Crippen molar-refractivity contribution in [1.29, 1.82) is 0 Å². The van der Waals surface area contributed by atoms with Gasteiger partial charge in [0.2, 0.25) is 0 Å². The molecule has 0 bridgehead atoms. The van der Waals surface area contributed by atoms with Crippen LogP contribution < -0.4 is 10.2 Å². The minimum absolute atomic E-state index is 0.0897. The van der Waals surface area contributed by atoms with Crippen LogP contribution in [0.2, 0.25) is 0 Å². The van der Waals surface area contributed by atoms with Crippen LogP contribution in [0.1, 0.15) is 44.9 Å². The summed E-state index contributed by atoms with van der Waals surface area (Å²) >= 11 is 6.73. The smallest absolute Gasteiger partial charge is 0.283 e. The summed E-state index contributed by atoms with van der Waals surface area (Å²) in [7, 11) is 2.79. The van der Waals surface area contributed by atoms with E-state index in [0.29, 0.717) is 5.92 Å². The summed E-state index contributed by atoms with van der Waals surface area (Å²) in [6.45, 7) is 2.07. The molecule has 2 fully saturated rings. The van der Waals surface area contributed by atoms with Gasteiger partial charge in [-0.25, -0.2) is 3.11 Å². The number of benzene rings is 1. The molecule has 3 rings (SSSR count). The Labute approximate surface area is 167 Å². The van der Waals surface area contributed by atoms with Crippen molar-refractivity contribution in [1.82, 2.24) is 3.11 Å². The number of hydrogen-bond donors (Lipinski definition) is 1. The summed E-state index contributed by atoms with van der Waals surface area (Å²) in [6, 6.07) is 8.17. The molecule has 1 atom stereocenters. The van der Waals surface area contributed by atoms with E-state index >= 15 is 0 Å². The van der Waals surface area contributed by atoms with Crippen LogP contribution in [-0.2, 0) is 0 Å². The number of carbonyl (C=O) groups excluding carboxylic acids is 1. The molecule has 132 valence electrons. The number of carbonyl (C=O) groups is 1. The summed E-state index contributed by atoms with van der Waals surface area (Å²) in [4.78, 5) is 14.7. The van der Waals surface area contributed by atoms with Crippen molar-refractivity contribution < 1.29 is 4.79 Å². The van der Waals surface area contributed by atoms with Crippen LogP contribution in [-0.4, -0.2) is 27.0 Å². The van der Waals surface area contributed by atoms with Gasteiger partial charge < -0.3 is 0 Å². The molecular weight excluding hydrogens is 450 g/mol. The fourth-order valence-electron chi connectivity index (χ4n) is 4.55. The second-order valence-electron chi connectivity index (χ2n) is 7.03. The number of anilines is 1. The predicted molar refractivity (Wildman–Crippen MR) is 117 cm³/mol. The fourth-order valence-corrected chi connectivity index (χ4v) is 5.67. The van der Waals surface area contributed by atoms with E-state index in [0.717, 1.165) is 36.9 Å². The van der Waals surface area contributed by atoms with E-state index in [9.17, 15) is 4.79 Å². The molecule has 1 saturated carbocycles. The Morgan fingerprint density at radius 3 is 2.42 bits per heavy atom. The molecule has 2 aliphatic rings. The molecule has 0 radical (unpaired) electrons. The van der Waals surface area contributed by atoms with Crippen LogP contribution in [0.5, 0.6) is 0 Å². The Kier molecular flexibility index (Phi) is 6.50. The minimum atomic E-state index is -0.114. The molecule has 1 aliphatic heterocycles. The zero-order valence-electron chi connectivity index (χ0n) is 14.0. The molecule has 0 aromatic heterocycles. The molecule has 3 nitrogen and oxygen atoms in total. The van der Waals surface area contributed by atoms with Crippen molar-refractivity contribution in [3.63, 3.8) is 0 Å². The highest BCUT2D eigenvalue weighted by Gasteiger charge is 2.48. The van der Waals surface area contributed by atoms with Gasteiger partial charge in [-0.3, -0.25) is 9.69 Å². The molecule has 6 heteroatoms. The first-order valence-electron chi connectivity index (χ1n) is 8.83. The van der Waals surface area contributed by atoms with E-state index in [1.54, 1.807) is 0 Å². The monoisotopic (exact) mass is 476 g/mol. The maximum Gasteiger partial charge on any atom is 0.283 e. The molecule has 1 aromatic carbocycles. The van der Waals surface area contributed by atoms with Crippen LogP contribution in [0.4, 0.5) is 10.5 Å². The molecule has 1 aliphatic carbocycles. The molecule has 1 unspecified atom stereocenters. The number of nitrogens with zero attached hydrogens (tertiary/aromatic N) is 2. The van der Waals surface area contributed by atoms with Crippen molar-refractivity contribution >= 4 is 61.0 Å². The van der Waals surface area contributed by atoms with E-state index in [-0.39, 0.29) is 10.8 Å². The molecule has 0 N–H and O–H groups in total. The molecule has 0 spiro atoms. The Morgan fingerprint density at radius 1 is 1.21 bits per heavy atom. The van der Waals surface area contributed by atoms with Crippen molar-refractivity contribution in [3.05, 3.63) is 24.3 Å². The van der Waals surface area contributed by atoms with Crippen LogP contribution in [0.15, 0.2) is 24.3 Å². The van der Waals surface area contributed by atoms with Gasteiger partial charge in [0.25, 0.3) is 5.24 Å². The Hall–Kier alpha value is 0.160. The van der Waals surface area contributed by atoms with Gasteiger partial charge in [0.1, 0.15) is 0 Å². The van der Waals surface area contributed by atoms with Crippen molar-refractivity contribution in [2.45, 2.75) is 50.5 Å². The van der Waals surface area contributed by atoms with Crippen LogP contribution in [0.3, 0.4) is 0 Å². The Morgan fingerprint density at radius 2 is 1.83 bits per heavy atom. The first-order chi connectivity index (χ1) is 11.5. The van der Waals surface area contributed by atoms with Crippen LogP contribution >= 0.6 is 44.7 Å². The summed E-state index contributed by atoms with van der Waals surface area (Å²) < 4.78 is 2.35. The van der Waals surface area contributed by atoms with Gasteiger partial charge in [0.15, 0.2) is 0 Å². The molecule has 24 heavy (non-hydrogen) atoms. The molecule has 1 saturated heterocycles. The lowest BCUT2D eigenvalue weighted by atomic mass is 9.69. The van der Waals surface area contributed by atoms with E-state index in [1.165, 1.54) is 32.1 Å². The largest absolute Gasteiger partial charge is 0.296 e. The maximum atomic E-state index is 12.7. The Balaban J connectivity index is 2.04. The number of piperidine rings is 1. The standard InChI is InChI=1S/C18H26IN2OPS/c19-20-12-10-18(11-13-20,14-6-2-1-3-7-14)21(17(22)24)15-8-4-5-9-16(15)23/h4-5,8-9,14H,1-3,6-7,10-13,23H2,(H,22,24). The van der Waals surface area contributed by atoms with E-state index in [4.69, 9.17) is 0 Å². The normalized spacial score (nSPS) is 22.3. The quantitative estimate of drug-likeness (QED) is 0.293. The van der Waals surface area contributed by atoms with Crippen molar-refractivity contribution in [2.75, 3.05) is 18.0 Å². The summed E-state index contributed by atoms with van der Waals surface area (Å²) in [5.41, 5.74) is 0.920.